The van der Waals surface area contributed by atoms with E-state index in [0.717, 1.165) is 36.3 Å². The van der Waals surface area contributed by atoms with E-state index in [-0.39, 0.29) is 0 Å². The van der Waals surface area contributed by atoms with Gasteiger partial charge in [0.05, 0.1) is 19.3 Å². The van der Waals surface area contributed by atoms with Crippen LogP contribution in [0.1, 0.15) is 23.6 Å². The van der Waals surface area contributed by atoms with E-state index < -0.39 is 0 Å². The molecule has 0 spiro atoms. The zero-order valence-electron chi connectivity index (χ0n) is 11.5. The standard InChI is InChI=1S/C15H18BrN3O/c1-11-9-18-19(10-11)6-5-17-14-4-7-20-15-3-2-12(16)8-13(14)15/h2-3,8-10,14,17H,4-7H2,1H3. The van der Waals surface area contributed by atoms with Crippen LogP contribution in [0.2, 0.25) is 0 Å². The molecule has 0 radical (unpaired) electrons. The average Bonchev–Trinajstić information content (AvgIpc) is 2.85. The van der Waals surface area contributed by atoms with Gasteiger partial charge in [-0.1, -0.05) is 15.9 Å². The first-order chi connectivity index (χ1) is 9.72. The summed E-state index contributed by atoms with van der Waals surface area (Å²) >= 11 is 3.53. The number of halogens is 1. The molecular formula is C15H18BrN3O. The van der Waals surface area contributed by atoms with Gasteiger partial charge >= 0.3 is 0 Å². The lowest BCUT2D eigenvalue weighted by Crippen LogP contribution is -2.29. The van der Waals surface area contributed by atoms with E-state index in [1.807, 2.05) is 23.0 Å². The fraction of sp³-hybridized carbons (Fsp3) is 0.400. The van der Waals surface area contributed by atoms with Crippen molar-refractivity contribution < 1.29 is 4.74 Å². The van der Waals surface area contributed by atoms with Crippen LogP contribution in [0.25, 0.3) is 0 Å². The van der Waals surface area contributed by atoms with Crippen LogP contribution in [-0.4, -0.2) is 22.9 Å². The van der Waals surface area contributed by atoms with Crippen LogP contribution in [0.15, 0.2) is 35.1 Å². The Morgan fingerprint density at radius 2 is 2.40 bits per heavy atom. The van der Waals surface area contributed by atoms with Gasteiger partial charge in [0.1, 0.15) is 5.75 Å². The maximum absolute atomic E-state index is 5.70. The van der Waals surface area contributed by atoms with E-state index in [4.69, 9.17) is 4.74 Å². The van der Waals surface area contributed by atoms with Crippen molar-refractivity contribution in [1.82, 2.24) is 15.1 Å². The molecule has 1 aromatic heterocycles. The molecule has 2 aromatic rings. The molecule has 20 heavy (non-hydrogen) atoms. The Labute approximate surface area is 127 Å². The molecule has 0 aliphatic carbocycles. The van der Waals surface area contributed by atoms with E-state index >= 15 is 0 Å². The Kier molecular flexibility index (Phi) is 4.08. The quantitative estimate of drug-likeness (QED) is 0.933. The maximum Gasteiger partial charge on any atom is 0.124 e. The maximum atomic E-state index is 5.70. The summed E-state index contributed by atoms with van der Waals surface area (Å²) in [6.45, 7) is 4.61. The molecule has 106 valence electrons. The molecular weight excluding hydrogens is 318 g/mol. The summed E-state index contributed by atoms with van der Waals surface area (Å²) in [5, 5.41) is 7.90. The van der Waals surface area contributed by atoms with Gasteiger partial charge in [0.15, 0.2) is 0 Å². The first kappa shape index (κ1) is 13.6. The molecule has 0 saturated heterocycles. The molecule has 0 amide bonds. The summed E-state index contributed by atoms with van der Waals surface area (Å²) in [6, 6.07) is 6.55. The van der Waals surface area contributed by atoms with Gasteiger partial charge < -0.3 is 10.1 Å². The highest BCUT2D eigenvalue weighted by Crippen LogP contribution is 2.33. The number of rotatable bonds is 4. The second-order valence-corrected chi connectivity index (χ2v) is 6.02. The number of nitrogens with one attached hydrogen (secondary N) is 1. The van der Waals surface area contributed by atoms with Gasteiger partial charge in [-0.15, -0.1) is 0 Å². The molecule has 4 nitrogen and oxygen atoms in total. The van der Waals surface area contributed by atoms with E-state index in [2.05, 4.69) is 45.5 Å². The lowest BCUT2D eigenvalue weighted by molar-refractivity contribution is 0.251. The highest BCUT2D eigenvalue weighted by Gasteiger charge is 2.20. The van der Waals surface area contributed by atoms with Gasteiger partial charge in [0.25, 0.3) is 0 Å². The molecule has 3 rings (SSSR count). The summed E-state index contributed by atoms with van der Waals surface area (Å²) in [7, 11) is 0. The molecule has 2 heterocycles. The molecule has 1 aliphatic rings. The highest BCUT2D eigenvalue weighted by molar-refractivity contribution is 9.10. The molecule has 0 bridgehead atoms. The molecule has 1 unspecified atom stereocenters. The normalized spacial score (nSPS) is 17.6. The monoisotopic (exact) mass is 335 g/mol. The molecule has 1 atom stereocenters. The van der Waals surface area contributed by atoms with Crippen LogP contribution in [0.4, 0.5) is 0 Å². The number of fused-ring (bicyclic) bond motifs is 1. The fourth-order valence-corrected chi connectivity index (χ4v) is 2.90. The molecule has 1 aromatic carbocycles. The number of aromatic nitrogens is 2. The van der Waals surface area contributed by atoms with Crippen LogP contribution in [0.3, 0.4) is 0 Å². The first-order valence-electron chi connectivity index (χ1n) is 6.87. The van der Waals surface area contributed by atoms with Crippen LogP contribution in [0, 0.1) is 6.92 Å². The van der Waals surface area contributed by atoms with Crippen molar-refractivity contribution in [3.8, 4) is 5.75 Å². The minimum Gasteiger partial charge on any atom is -0.493 e. The van der Waals surface area contributed by atoms with Crippen molar-refractivity contribution in [2.45, 2.75) is 25.9 Å². The van der Waals surface area contributed by atoms with Crippen LogP contribution < -0.4 is 10.1 Å². The zero-order chi connectivity index (χ0) is 13.9. The molecule has 0 fully saturated rings. The van der Waals surface area contributed by atoms with Gasteiger partial charge in [0, 0.05) is 35.2 Å². The number of hydrogen-bond acceptors (Lipinski definition) is 3. The van der Waals surface area contributed by atoms with E-state index in [0.29, 0.717) is 6.04 Å². The second kappa shape index (κ2) is 5.97. The van der Waals surface area contributed by atoms with Crippen LogP contribution >= 0.6 is 15.9 Å². The lowest BCUT2D eigenvalue weighted by atomic mass is 10.0. The number of nitrogens with zero attached hydrogens (tertiary/aromatic N) is 2. The Balaban J connectivity index is 1.63. The Morgan fingerprint density at radius 1 is 1.50 bits per heavy atom. The Morgan fingerprint density at radius 3 is 3.20 bits per heavy atom. The Hall–Kier alpha value is -1.33. The summed E-state index contributed by atoms with van der Waals surface area (Å²) < 4.78 is 8.77. The van der Waals surface area contributed by atoms with Crippen molar-refractivity contribution in [1.29, 1.82) is 0 Å². The SMILES string of the molecule is Cc1cnn(CCNC2CCOc3ccc(Br)cc32)c1. The van der Waals surface area contributed by atoms with E-state index in [1.165, 1.54) is 11.1 Å². The number of benzene rings is 1. The van der Waals surface area contributed by atoms with Crippen molar-refractivity contribution in [3.63, 3.8) is 0 Å². The molecule has 1 N–H and O–H groups in total. The van der Waals surface area contributed by atoms with Gasteiger partial charge in [0.2, 0.25) is 0 Å². The van der Waals surface area contributed by atoms with Crippen molar-refractivity contribution in [2.24, 2.45) is 0 Å². The van der Waals surface area contributed by atoms with Gasteiger partial charge in [-0.3, -0.25) is 4.68 Å². The van der Waals surface area contributed by atoms with Crippen LogP contribution in [-0.2, 0) is 6.54 Å². The minimum absolute atomic E-state index is 0.355. The summed E-state index contributed by atoms with van der Waals surface area (Å²) in [5.41, 5.74) is 2.44. The van der Waals surface area contributed by atoms with Gasteiger partial charge in [-0.2, -0.15) is 5.10 Å². The average molecular weight is 336 g/mol. The second-order valence-electron chi connectivity index (χ2n) is 5.11. The highest BCUT2D eigenvalue weighted by atomic mass is 79.9. The third-order valence-corrected chi connectivity index (χ3v) is 4.00. The topological polar surface area (TPSA) is 39.1 Å². The number of ether oxygens (including phenoxy) is 1. The largest absolute Gasteiger partial charge is 0.493 e. The third kappa shape index (κ3) is 3.04. The third-order valence-electron chi connectivity index (χ3n) is 3.51. The summed E-state index contributed by atoms with van der Waals surface area (Å²) in [6.07, 6.45) is 4.96. The molecule has 1 aliphatic heterocycles. The fourth-order valence-electron chi connectivity index (χ4n) is 2.52. The van der Waals surface area contributed by atoms with Gasteiger partial charge in [-0.05, 0) is 30.7 Å². The van der Waals surface area contributed by atoms with Gasteiger partial charge in [-0.25, -0.2) is 0 Å². The minimum atomic E-state index is 0.355. The first-order valence-corrected chi connectivity index (χ1v) is 7.66. The summed E-state index contributed by atoms with van der Waals surface area (Å²) in [4.78, 5) is 0. The predicted molar refractivity (Wildman–Crippen MR) is 82.0 cm³/mol. The van der Waals surface area contributed by atoms with E-state index in [9.17, 15) is 0 Å². The molecule has 0 saturated carbocycles. The van der Waals surface area contributed by atoms with E-state index in [1.54, 1.807) is 0 Å². The number of hydrogen-bond donors (Lipinski definition) is 1. The zero-order valence-corrected chi connectivity index (χ0v) is 13.1. The predicted octanol–water partition coefficient (Wildman–Crippen LogP) is 3.07. The number of aryl methyl sites for hydroxylation is 1. The smallest absolute Gasteiger partial charge is 0.124 e. The Bertz CT molecular complexity index is 597. The van der Waals surface area contributed by atoms with Crippen LogP contribution in [0.5, 0.6) is 5.75 Å². The van der Waals surface area contributed by atoms with Crippen molar-refractivity contribution in [3.05, 3.63) is 46.2 Å². The lowest BCUT2D eigenvalue weighted by Gasteiger charge is -2.27. The molecule has 5 heteroatoms. The summed E-state index contributed by atoms with van der Waals surface area (Å²) in [5.74, 6) is 0.992. The van der Waals surface area contributed by atoms with Crippen molar-refractivity contribution in [2.75, 3.05) is 13.2 Å². The van der Waals surface area contributed by atoms with Crippen molar-refractivity contribution >= 4 is 15.9 Å².